The van der Waals surface area contributed by atoms with E-state index < -0.39 is 0 Å². The van der Waals surface area contributed by atoms with Crippen LogP contribution in [0, 0.1) is 0 Å². The first-order chi connectivity index (χ1) is 12.5. The first-order valence-corrected chi connectivity index (χ1v) is 9.49. The lowest BCUT2D eigenvalue weighted by Gasteiger charge is -2.14. The number of hydrogen-bond acceptors (Lipinski definition) is 7. The van der Waals surface area contributed by atoms with E-state index in [9.17, 15) is 4.79 Å². The molecule has 0 spiro atoms. The van der Waals surface area contributed by atoms with Crippen molar-refractivity contribution in [3.8, 4) is 0 Å². The molecule has 3 aromatic rings. The molecule has 0 saturated carbocycles. The van der Waals surface area contributed by atoms with Crippen LogP contribution >= 0.6 is 11.8 Å². The maximum Gasteiger partial charge on any atom is 0.262 e. The van der Waals surface area contributed by atoms with Crippen LogP contribution in [0.5, 0.6) is 0 Å². The predicted octanol–water partition coefficient (Wildman–Crippen LogP) is 3.14. The van der Waals surface area contributed by atoms with Crippen molar-refractivity contribution in [2.24, 2.45) is 0 Å². The lowest BCUT2D eigenvalue weighted by molar-refractivity contribution is 0.276. The van der Waals surface area contributed by atoms with Gasteiger partial charge in [0.25, 0.3) is 5.56 Å². The summed E-state index contributed by atoms with van der Waals surface area (Å²) in [7, 11) is 0. The third-order valence-corrected chi connectivity index (χ3v) is 5.05. The van der Waals surface area contributed by atoms with Crippen LogP contribution in [0.15, 0.2) is 38.7 Å². The zero-order valence-corrected chi connectivity index (χ0v) is 15.9. The summed E-state index contributed by atoms with van der Waals surface area (Å²) in [5, 5.41) is 14.2. The highest BCUT2D eigenvalue weighted by molar-refractivity contribution is 7.99. The van der Waals surface area contributed by atoms with Gasteiger partial charge in [0.15, 0.2) is 11.0 Å². The van der Waals surface area contributed by atoms with E-state index in [1.54, 1.807) is 10.6 Å². The third kappa shape index (κ3) is 3.81. The van der Waals surface area contributed by atoms with Gasteiger partial charge in [0.05, 0.1) is 16.2 Å². The molecule has 0 bridgehead atoms. The van der Waals surface area contributed by atoms with Crippen molar-refractivity contribution in [3.05, 3.63) is 46.3 Å². The Bertz CT molecular complexity index is 951. The van der Waals surface area contributed by atoms with Gasteiger partial charge in [-0.25, -0.2) is 4.98 Å². The molecule has 0 radical (unpaired) electrons. The summed E-state index contributed by atoms with van der Waals surface area (Å²) >= 11 is 1.40. The summed E-state index contributed by atoms with van der Waals surface area (Å²) in [4.78, 5) is 21.9. The van der Waals surface area contributed by atoms with Gasteiger partial charge >= 0.3 is 0 Å². The minimum absolute atomic E-state index is 0.0142. The predicted molar refractivity (Wildman–Crippen MR) is 100 cm³/mol. The van der Waals surface area contributed by atoms with E-state index in [0.29, 0.717) is 40.7 Å². The SMILES string of the molecule is CC(C)c1noc(C(C)Sc2nc3ccccc3c(=O)n2CCCO)n1. The van der Waals surface area contributed by atoms with Crippen LogP contribution in [0.25, 0.3) is 10.9 Å². The van der Waals surface area contributed by atoms with Crippen molar-refractivity contribution >= 4 is 22.7 Å². The van der Waals surface area contributed by atoms with Crippen molar-refractivity contribution in [3.63, 3.8) is 0 Å². The van der Waals surface area contributed by atoms with Gasteiger partial charge in [-0.15, -0.1) is 0 Å². The van der Waals surface area contributed by atoms with Gasteiger partial charge in [-0.05, 0) is 25.5 Å². The second kappa shape index (κ2) is 8.01. The molecule has 3 rings (SSSR count). The average molecular weight is 374 g/mol. The van der Waals surface area contributed by atoms with Crippen molar-refractivity contribution in [1.29, 1.82) is 0 Å². The molecule has 0 aliphatic carbocycles. The number of aliphatic hydroxyl groups excluding tert-OH is 1. The first kappa shape index (κ1) is 18.6. The maximum absolute atomic E-state index is 12.8. The van der Waals surface area contributed by atoms with Crippen LogP contribution in [0.4, 0.5) is 0 Å². The highest BCUT2D eigenvalue weighted by Gasteiger charge is 2.20. The second-order valence-corrected chi connectivity index (χ2v) is 7.66. The number of para-hydroxylation sites is 1. The van der Waals surface area contributed by atoms with Gasteiger partial charge in [-0.3, -0.25) is 9.36 Å². The maximum atomic E-state index is 12.8. The lowest BCUT2D eigenvalue weighted by Crippen LogP contribution is -2.24. The molecule has 1 N–H and O–H groups in total. The van der Waals surface area contributed by atoms with Gasteiger partial charge in [0.1, 0.15) is 0 Å². The molecule has 7 nitrogen and oxygen atoms in total. The molecule has 8 heteroatoms. The highest BCUT2D eigenvalue weighted by Crippen LogP contribution is 2.33. The largest absolute Gasteiger partial charge is 0.396 e. The van der Waals surface area contributed by atoms with Gasteiger partial charge < -0.3 is 9.63 Å². The van der Waals surface area contributed by atoms with Crippen molar-refractivity contribution < 1.29 is 9.63 Å². The average Bonchev–Trinajstić information content (AvgIpc) is 3.12. The standard InChI is InChI=1S/C18H22N4O3S/c1-11(2)15-20-16(25-21-15)12(3)26-18-19-14-8-5-4-7-13(14)17(24)22(18)9-6-10-23/h4-5,7-8,11-12,23H,6,9-10H2,1-3H3. The molecule has 0 fully saturated rings. The topological polar surface area (TPSA) is 94.0 Å². The van der Waals surface area contributed by atoms with Crippen molar-refractivity contribution in [2.45, 2.75) is 50.1 Å². The molecule has 26 heavy (non-hydrogen) atoms. The fourth-order valence-corrected chi connectivity index (χ4v) is 3.48. The zero-order chi connectivity index (χ0) is 18.7. The fourth-order valence-electron chi connectivity index (χ4n) is 2.52. The molecule has 1 atom stereocenters. The number of aliphatic hydroxyl groups is 1. The molecule has 1 aromatic carbocycles. The van der Waals surface area contributed by atoms with Gasteiger partial charge in [-0.1, -0.05) is 42.9 Å². The Labute approximate surface area is 155 Å². The molecule has 138 valence electrons. The monoisotopic (exact) mass is 374 g/mol. The summed E-state index contributed by atoms with van der Waals surface area (Å²) in [6.07, 6.45) is 0.486. The molecule has 0 aliphatic heterocycles. The van der Waals surface area contributed by atoms with Crippen LogP contribution in [-0.4, -0.2) is 31.4 Å². The Hall–Kier alpha value is -2.19. The van der Waals surface area contributed by atoms with Crippen LogP contribution in [0.1, 0.15) is 50.1 Å². The Morgan fingerprint density at radius 2 is 2.00 bits per heavy atom. The smallest absolute Gasteiger partial charge is 0.262 e. The lowest BCUT2D eigenvalue weighted by atomic mass is 10.2. The summed E-state index contributed by atoms with van der Waals surface area (Å²) < 4.78 is 6.97. The second-order valence-electron chi connectivity index (χ2n) is 6.35. The van der Waals surface area contributed by atoms with Crippen LogP contribution in [0.2, 0.25) is 0 Å². The number of fused-ring (bicyclic) bond motifs is 1. The molecular weight excluding hydrogens is 352 g/mol. The van der Waals surface area contributed by atoms with E-state index in [2.05, 4.69) is 15.1 Å². The van der Waals surface area contributed by atoms with Gasteiger partial charge in [0.2, 0.25) is 5.89 Å². The number of nitrogens with zero attached hydrogens (tertiary/aromatic N) is 4. The molecule has 2 aromatic heterocycles. The number of thioether (sulfide) groups is 1. The van der Waals surface area contributed by atoms with Crippen molar-refractivity contribution in [1.82, 2.24) is 19.7 Å². The van der Waals surface area contributed by atoms with Gasteiger partial charge in [-0.2, -0.15) is 4.98 Å². The Kier molecular flexibility index (Phi) is 5.73. The van der Waals surface area contributed by atoms with E-state index in [0.717, 1.165) is 0 Å². The van der Waals surface area contributed by atoms with E-state index in [4.69, 9.17) is 9.63 Å². The molecule has 0 aliphatic rings. The summed E-state index contributed by atoms with van der Waals surface area (Å²) in [6.45, 7) is 6.37. The summed E-state index contributed by atoms with van der Waals surface area (Å²) in [5.41, 5.74) is 0.549. The van der Waals surface area contributed by atoms with E-state index >= 15 is 0 Å². The zero-order valence-electron chi connectivity index (χ0n) is 15.0. The minimum Gasteiger partial charge on any atom is -0.396 e. The summed E-state index contributed by atoms with van der Waals surface area (Å²) in [5.74, 6) is 1.36. The van der Waals surface area contributed by atoms with Crippen LogP contribution in [-0.2, 0) is 6.54 Å². The number of aromatic nitrogens is 4. The van der Waals surface area contributed by atoms with Crippen LogP contribution < -0.4 is 5.56 Å². The third-order valence-electron chi connectivity index (χ3n) is 3.97. The quantitative estimate of drug-likeness (QED) is 0.501. The molecule has 2 heterocycles. The normalized spacial score (nSPS) is 12.8. The van der Waals surface area contributed by atoms with E-state index in [1.165, 1.54) is 11.8 Å². The first-order valence-electron chi connectivity index (χ1n) is 8.62. The Morgan fingerprint density at radius 1 is 1.23 bits per heavy atom. The van der Waals surface area contributed by atoms with E-state index in [-0.39, 0.29) is 23.3 Å². The summed E-state index contributed by atoms with van der Waals surface area (Å²) in [6, 6.07) is 7.27. The number of hydrogen-bond donors (Lipinski definition) is 1. The van der Waals surface area contributed by atoms with E-state index in [1.807, 2.05) is 39.0 Å². The molecule has 0 saturated heterocycles. The van der Waals surface area contributed by atoms with Crippen molar-refractivity contribution in [2.75, 3.05) is 6.61 Å². The molecule has 1 unspecified atom stereocenters. The Morgan fingerprint density at radius 3 is 2.69 bits per heavy atom. The fraction of sp³-hybridized carbons (Fsp3) is 0.444. The highest BCUT2D eigenvalue weighted by atomic mass is 32.2. The number of rotatable bonds is 7. The van der Waals surface area contributed by atoms with Gasteiger partial charge in [0, 0.05) is 19.1 Å². The molecule has 0 amide bonds. The van der Waals surface area contributed by atoms with Crippen LogP contribution in [0.3, 0.4) is 0 Å². The minimum atomic E-state index is -0.150. The Balaban J connectivity index is 1.97. The number of benzene rings is 1. The molecular formula is C18H22N4O3S.